The molecule has 1 aromatic heterocycles. The second-order valence-corrected chi connectivity index (χ2v) is 15.1. The van der Waals surface area contributed by atoms with Crippen LogP contribution in [0.1, 0.15) is 102 Å². The predicted molar refractivity (Wildman–Crippen MR) is 168 cm³/mol. The minimum atomic E-state index is -1.18. The second-order valence-electron chi connectivity index (χ2n) is 14.3. The molecule has 4 aliphatic rings. The number of rotatable bonds is 7. The summed E-state index contributed by atoms with van der Waals surface area (Å²) < 4.78 is 22.1. The Morgan fingerprint density at radius 1 is 1.09 bits per heavy atom. The first kappa shape index (κ1) is 31.6. The first-order valence-corrected chi connectivity index (χ1v) is 16.8. The smallest absolute Gasteiger partial charge is 0.236 e. The summed E-state index contributed by atoms with van der Waals surface area (Å²) in [5.74, 6) is -2.20. The van der Waals surface area contributed by atoms with E-state index in [0.29, 0.717) is 43.0 Å². The quantitative estimate of drug-likeness (QED) is 0.307. The van der Waals surface area contributed by atoms with Gasteiger partial charge in [-0.1, -0.05) is 50.0 Å². The van der Waals surface area contributed by atoms with E-state index in [9.17, 15) is 14.4 Å². The molecule has 1 saturated heterocycles. The maximum Gasteiger partial charge on any atom is 0.236 e. The number of Topliss-reactive ketones (excluding diaryl/α,β-unsaturated/α-hetero) is 2. The molecule has 0 bridgehead atoms. The fraction of sp³-hybridized carbons (Fsp3) is 0.600. The lowest BCUT2D eigenvalue weighted by molar-refractivity contribution is -0.136. The molecule has 44 heavy (non-hydrogen) atoms. The average Bonchev–Trinajstić information content (AvgIpc) is 3.44. The number of pyridine rings is 1. The molecular weight excluding hydrogens is 602 g/mol. The number of hydrogen-bond acceptors (Lipinski definition) is 5. The summed E-state index contributed by atoms with van der Waals surface area (Å²) in [5, 5.41) is 3.33. The van der Waals surface area contributed by atoms with Crippen LogP contribution in [0.4, 0.5) is 10.1 Å². The van der Waals surface area contributed by atoms with Gasteiger partial charge in [-0.25, -0.2) is 9.37 Å². The normalized spacial score (nSPS) is 30.4. The zero-order valence-electron chi connectivity index (χ0n) is 25.7. The summed E-state index contributed by atoms with van der Waals surface area (Å²) in [6.07, 6.45) is 7.63. The molecule has 9 heteroatoms. The van der Waals surface area contributed by atoms with Crippen LogP contribution >= 0.6 is 23.2 Å². The molecule has 1 aromatic carbocycles. The van der Waals surface area contributed by atoms with Gasteiger partial charge in [0.1, 0.15) is 11.9 Å². The number of carbonyl (C=O) groups is 3. The molecule has 0 radical (unpaired) electrons. The monoisotopic (exact) mass is 642 g/mol. The lowest BCUT2D eigenvalue weighted by atomic mass is 9.51. The SMILES string of the molecule is CCCC(=O)[C@@H]1CC[C@@H](CC(=O)[C@@H]2CC3(CCC(C)(C)CC3)[C@@]3(C(=O)Nc4cc(Cl)ccc43)[C@H]2c2ccnc(Cl)c2F)CO1. The summed E-state index contributed by atoms with van der Waals surface area (Å²) >= 11 is 12.7. The van der Waals surface area contributed by atoms with E-state index in [1.54, 1.807) is 18.2 Å². The Balaban J connectivity index is 1.44. The molecule has 5 atom stereocenters. The van der Waals surface area contributed by atoms with Crippen LogP contribution < -0.4 is 5.32 Å². The molecule has 6 rings (SSSR count). The van der Waals surface area contributed by atoms with E-state index >= 15 is 4.39 Å². The maximum atomic E-state index is 16.1. The van der Waals surface area contributed by atoms with Crippen LogP contribution in [0.5, 0.6) is 0 Å². The molecule has 3 fully saturated rings. The number of amides is 1. The van der Waals surface area contributed by atoms with E-state index in [-0.39, 0.29) is 45.9 Å². The van der Waals surface area contributed by atoms with E-state index in [1.807, 2.05) is 13.0 Å². The molecule has 236 valence electrons. The Hall–Kier alpha value is -2.35. The first-order chi connectivity index (χ1) is 20.9. The van der Waals surface area contributed by atoms with E-state index in [2.05, 4.69) is 24.1 Å². The van der Waals surface area contributed by atoms with E-state index in [0.717, 1.165) is 37.7 Å². The van der Waals surface area contributed by atoms with E-state index in [1.165, 1.54) is 6.20 Å². The van der Waals surface area contributed by atoms with Crippen LogP contribution in [0.3, 0.4) is 0 Å². The fourth-order valence-corrected chi connectivity index (χ4v) is 9.30. The van der Waals surface area contributed by atoms with Crippen LogP contribution in [0.15, 0.2) is 30.5 Å². The van der Waals surface area contributed by atoms with Gasteiger partial charge in [-0.15, -0.1) is 0 Å². The molecule has 1 amide bonds. The number of anilines is 1. The van der Waals surface area contributed by atoms with Crippen LogP contribution in [-0.4, -0.2) is 35.2 Å². The van der Waals surface area contributed by atoms with Gasteiger partial charge < -0.3 is 10.1 Å². The van der Waals surface area contributed by atoms with Crippen molar-refractivity contribution in [3.05, 3.63) is 57.6 Å². The van der Waals surface area contributed by atoms with Crippen molar-refractivity contribution >= 4 is 46.4 Å². The lowest BCUT2D eigenvalue weighted by Gasteiger charge is -2.51. The number of nitrogens with zero attached hydrogens (tertiary/aromatic N) is 1. The number of halogens is 3. The summed E-state index contributed by atoms with van der Waals surface area (Å²) in [6.45, 7) is 6.80. The maximum absolute atomic E-state index is 16.1. The van der Waals surface area contributed by atoms with Crippen molar-refractivity contribution in [2.45, 2.75) is 102 Å². The molecule has 2 saturated carbocycles. The van der Waals surface area contributed by atoms with Gasteiger partial charge in [0.15, 0.2) is 16.8 Å². The van der Waals surface area contributed by atoms with Crippen molar-refractivity contribution in [3.63, 3.8) is 0 Å². The Bertz CT molecular complexity index is 1480. The molecule has 2 aromatic rings. The van der Waals surface area contributed by atoms with Gasteiger partial charge >= 0.3 is 0 Å². The highest BCUT2D eigenvalue weighted by atomic mass is 35.5. The predicted octanol–water partition coefficient (Wildman–Crippen LogP) is 8.23. The largest absolute Gasteiger partial charge is 0.370 e. The van der Waals surface area contributed by atoms with Gasteiger partial charge in [-0.3, -0.25) is 14.4 Å². The van der Waals surface area contributed by atoms with Crippen molar-refractivity contribution in [1.29, 1.82) is 0 Å². The number of aromatic nitrogens is 1. The zero-order valence-corrected chi connectivity index (χ0v) is 27.2. The Morgan fingerprint density at radius 2 is 1.84 bits per heavy atom. The highest BCUT2D eigenvalue weighted by Gasteiger charge is 2.72. The molecule has 2 aliphatic carbocycles. The molecule has 1 N–H and O–H groups in total. The number of benzene rings is 1. The number of hydrogen-bond donors (Lipinski definition) is 1. The van der Waals surface area contributed by atoms with Crippen molar-refractivity contribution < 1.29 is 23.5 Å². The highest BCUT2D eigenvalue weighted by molar-refractivity contribution is 6.31. The minimum absolute atomic E-state index is 0.00515. The van der Waals surface area contributed by atoms with Crippen LogP contribution in [0, 0.1) is 28.5 Å². The lowest BCUT2D eigenvalue weighted by Crippen LogP contribution is -2.52. The van der Waals surface area contributed by atoms with Crippen molar-refractivity contribution in [3.8, 4) is 0 Å². The van der Waals surface area contributed by atoms with Crippen molar-refractivity contribution in [2.24, 2.45) is 22.7 Å². The van der Waals surface area contributed by atoms with Gasteiger partial charge in [0.25, 0.3) is 0 Å². The third kappa shape index (κ3) is 5.11. The van der Waals surface area contributed by atoms with Crippen LogP contribution in [0.25, 0.3) is 0 Å². The molecule has 6 nitrogen and oxygen atoms in total. The number of ether oxygens (including phenoxy) is 1. The Kier molecular flexibility index (Phi) is 8.47. The summed E-state index contributed by atoms with van der Waals surface area (Å²) in [7, 11) is 0. The highest BCUT2D eigenvalue weighted by Crippen LogP contribution is 2.72. The first-order valence-electron chi connectivity index (χ1n) is 16.0. The van der Waals surface area contributed by atoms with Crippen molar-refractivity contribution in [1.82, 2.24) is 4.98 Å². The molecule has 2 aliphatic heterocycles. The van der Waals surface area contributed by atoms with Gasteiger partial charge in [-0.2, -0.15) is 0 Å². The van der Waals surface area contributed by atoms with E-state index in [4.69, 9.17) is 27.9 Å². The van der Waals surface area contributed by atoms with Crippen molar-refractivity contribution in [2.75, 3.05) is 11.9 Å². The topological polar surface area (TPSA) is 85.4 Å². The number of nitrogens with one attached hydrogen (secondary N) is 1. The van der Waals surface area contributed by atoms with E-state index < -0.39 is 34.6 Å². The number of fused-ring (bicyclic) bond motifs is 3. The zero-order chi connectivity index (χ0) is 31.4. The average molecular weight is 644 g/mol. The number of ketones is 2. The summed E-state index contributed by atoms with van der Waals surface area (Å²) in [6, 6.07) is 7.01. The third-order valence-corrected chi connectivity index (χ3v) is 11.7. The molecule has 2 spiro atoms. The van der Waals surface area contributed by atoms with Gasteiger partial charge in [-0.05, 0) is 97.4 Å². The summed E-state index contributed by atoms with van der Waals surface area (Å²) in [4.78, 5) is 45.5. The van der Waals surface area contributed by atoms with Gasteiger partial charge in [0, 0.05) is 41.6 Å². The second kappa shape index (κ2) is 11.8. The minimum Gasteiger partial charge on any atom is -0.370 e. The molecule has 0 unspecified atom stereocenters. The summed E-state index contributed by atoms with van der Waals surface area (Å²) in [5.41, 5.74) is -0.00648. The Morgan fingerprint density at radius 3 is 2.52 bits per heavy atom. The Labute approximate surface area is 268 Å². The fourth-order valence-electron chi connectivity index (χ4n) is 8.96. The third-order valence-electron chi connectivity index (χ3n) is 11.2. The standard InChI is InChI=1S/C35H41Cl2FN2O4/c1-4-5-26(41)28-9-6-20(19-44-28)16-27(42)23-18-34(13-11-33(2,3)12-14-34)35(29(23)22-10-15-39-31(37)30(22)38)24-8-7-21(36)17-25(24)40-32(35)43/h7-8,10,15,17,20,23,28-29H,4-6,9,11-14,16,18-19H2,1-3H3,(H,40,43)/t20-,23-,28-,29-,35+/m0/s1. The molecular formula is C35H41Cl2FN2O4. The molecule has 3 heterocycles. The number of carbonyl (C=O) groups excluding carboxylic acids is 3. The van der Waals surface area contributed by atoms with Crippen LogP contribution in [-0.2, 0) is 24.5 Å². The van der Waals surface area contributed by atoms with Gasteiger partial charge in [0.05, 0.1) is 12.0 Å². The van der Waals surface area contributed by atoms with Crippen LogP contribution in [0.2, 0.25) is 10.2 Å². The van der Waals surface area contributed by atoms with Gasteiger partial charge in [0.2, 0.25) is 5.91 Å².